The molecule has 1 aromatic carbocycles. The number of hydrogen-bond donors (Lipinski definition) is 1. The van der Waals surface area contributed by atoms with Crippen LogP contribution in [-0.4, -0.2) is 50.7 Å². The zero-order valence-electron chi connectivity index (χ0n) is 13.0. The van der Waals surface area contributed by atoms with Crippen LogP contribution in [-0.2, 0) is 4.74 Å². The van der Waals surface area contributed by atoms with Crippen molar-refractivity contribution >= 4 is 17.3 Å². The standard InChI is InChI=1S/C16H25N3O2/c1-3-21-16(20)13-7-6-8-14(17)15(13)18(2)11-12-19-9-4-5-10-19/h6-8H,3-5,9-12,17H2,1-2H3. The van der Waals surface area contributed by atoms with Crippen molar-refractivity contribution in [2.24, 2.45) is 0 Å². The van der Waals surface area contributed by atoms with Gasteiger partial charge >= 0.3 is 5.97 Å². The summed E-state index contributed by atoms with van der Waals surface area (Å²) >= 11 is 0. The molecule has 1 fully saturated rings. The van der Waals surface area contributed by atoms with Crippen molar-refractivity contribution in [2.75, 3.05) is 50.5 Å². The first-order chi connectivity index (χ1) is 10.1. The Labute approximate surface area is 126 Å². The highest BCUT2D eigenvalue weighted by molar-refractivity contribution is 5.99. The van der Waals surface area contributed by atoms with Crippen LogP contribution in [0.25, 0.3) is 0 Å². The first-order valence-corrected chi connectivity index (χ1v) is 7.62. The fourth-order valence-corrected chi connectivity index (χ4v) is 2.77. The molecule has 0 bridgehead atoms. The molecule has 0 spiro atoms. The summed E-state index contributed by atoms with van der Waals surface area (Å²) in [7, 11) is 1.98. The van der Waals surface area contributed by atoms with E-state index in [0.717, 1.165) is 18.8 Å². The Hall–Kier alpha value is -1.75. The Morgan fingerprint density at radius 2 is 2.10 bits per heavy atom. The Morgan fingerprint density at radius 3 is 2.76 bits per heavy atom. The third-order valence-electron chi connectivity index (χ3n) is 3.89. The van der Waals surface area contributed by atoms with Crippen LogP contribution in [0.15, 0.2) is 18.2 Å². The van der Waals surface area contributed by atoms with E-state index in [4.69, 9.17) is 10.5 Å². The molecule has 0 amide bonds. The summed E-state index contributed by atoms with van der Waals surface area (Å²) in [5.41, 5.74) is 8.01. The Kier molecular flexibility index (Phi) is 5.44. The number of nitrogens with zero attached hydrogens (tertiary/aromatic N) is 2. The van der Waals surface area contributed by atoms with Crippen LogP contribution >= 0.6 is 0 Å². The second kappa shape index (κ2) is 7.31. The first kappa shape index (κ1) is 15.6. The van der Waals surface area contributed by atoms with E-state index in [9.17, 15) is 4.79 Å². The number of carbonyl (C=O) groups is 1. The van der Waals surface area contributed by atoms with Gasteiger partial charge in [0.2, 0.25) is 0 Å². The average molecular weight is 291 g/mol. The van der Waals surface area contributed by atoms with E-state index >= 15 is 0 Å². The number of esters is 1. The molecule has 0 saturated carbocycles. The molecule has 1 aliphatic heterocycles. The molecule has 1 aromatic rings. The molecule has 0 unspecified atom stereocenters. The minimum atomic E-state index is -0.312. The normalized spacial score (nSPS) is 15.1. The topological polar surface area (TPSA) is 58.8 Å². The highest BCUT2D eigenvalue weighted by Crippen LogP contribution is 2.27. The predicted octanol–water partition coefficient (Wildman–Crippen LogP) is 1.98. The monoisotopic (exact) mass is 291 g/mol. The number of likely N-dealkylation sites (tertiary alicyclic amines) is 1. The molecule has 1 aliphatic rings. The molecule has 0 radical (unpaired) electrons. The van der Waals surface area contributed by atoms with Gasteiger partial charge in [-0.1, -0.05) is 6.07 Å². The predicted molar refractivity (Wildman–Crippen MR) is 85.8 cm³/mol. The van der Waals surface area contributed by atoms with E-state index in [1.54, 1.807) is 19.1 Å². The van der Waals surface area contributed by atoms with E-state index in [-0.39, 0.29) is 5.97 Å². The van der Waals surface area contributed by atoms with Gasteiger partial charge in [0.05, 0.1) is 23.5 Å². The summed E-state index contributed by atoms with van der Waals surface area (Å²) in [5.74, 6) is -0.312. The van der Waals surface area contributed by atoms with Gasteiger partial charge in [0.1, 0.15) is 0 Å². The first-order valence-electron chi connectivity index (χ1n) is 7.62. The van der Waals surface area contributed by atoms with Crippen LogP contribution in [0.5, 0.6) is 0 Å². The zero-order valence-corrected chi connectivity index (χ0v) is 13.0. The lowest BCUT2D eigenvalue weighted by atomic mass is 10.1. The number of nitrogens with two attached hydrogens (primary N) is 1. The smallest absolute Gasteiger partial charge is 0.340 e. The lowest BCUT2D eigenvalue weighted by molar-refractivity contribution is 0.0527. The van der Waals surface area contributed by atoms with Crippen LogP contribution in [0.4, 0.5) is 11.4 Å². The Bertz CT molecular complexity index is 484. The van der Waals surface area contributed by atoms with Gasteiger partial charge in [-0.05, 0) is 45.0 Å². The van der Waals surface area contributed by atoms with Gasteiger partial charge in [-0.15, -0.1) is 0 Å². The molecular formula is C16H25N3O2. The third kappa shape index (κ3) is 3.88. The molecular weight excluding hydrogens is 266 g/mol. The van der Waals surface area contributed by atoms with Gasteiger partial charge in [-0.3, -0.25) is 0 Å². The average Bonchev–Trinajstić information content (AvgIpc) is 2.98. The van der Waals surface area contributed by atoms with E-state index in [1.807, 2.05) is 13.1 Å². The number of para-hydroxylation sites is 1. The van der Waals surface area contributed by atoms with Crippen molar-refractivity contribution in [3.63, 3.8) is 0 Å². The Balaban J connectivity index is 2.10. The molecule has 21 heavy (non-hydrogen) atoms. The van der Waals surface area contributed by atoms with Crippen LogP contribution < -0.4 is 10.6 Å². The minimum absolute atomic E-state index is 0.312. The van der Waals surface area contributed by atoms with Gasteiger partial charge in [0.15, 0.2) is 0 Å². The van der Waals surface area contributed by atoms with E-state index in [2.05, 4.69) is 9.80 Å². The lowest BCUT2D eigenvalue weighted by Gasteiger charge is -2.26. The minimum Gasteiger partial charge on any atom is -0.462 e. The molecule has 2 rings (SSSR count). The van der Waals surface area contributed by atoms with Gasteiger partial charge in [-0.2, -0.15) is 0 Å². The summed E-state index contributed by atoms with van der Waals surface area (Å²) < 4.78 is 5.12. The third-order valence-corrected chi connectivity index (χ3v) is 3.89. The number of anilines is 2. The van der Waals surface area contributed by atoms with Crippen molar-refractivity contribution in [2.45, 2.75) is 19.8 Å². The number of nitrogen functional groups attached to an aromatic ring is 1. The maximum atomic E-state index is 12.1. The molecule has 0 aromatic heterocycles. The number of ether oxygens (including phenoxy) is 1. The quantitative estimate of drug-likeness (QED) is 0.641. The van der Waals surface area contributed by atoms with Crippen molar-refractivity contribution in [1.29, 1.82) is 0 Å². The zero-order chi connectivity index (χ0) is 15.2. The molecule has 1 heterocycles. The highest BCUT2D eigenvalue weighted by atomic mass is 16.5. The van der Waals surface area contributed by atoms with Crippen molar-refractivity contribution in [1.82, 2.24) is 4.90 Å². The summed E-state index contributed by atoms with van der Waals surface area (Å²) in [6.07, 6.45) is 2.57. The van der Waals surface area contributed by atoms with Crippen molar-refractivity contribution < 1.29 is 9.53 Å². The van der Waals surface area contributed by atoms with Crippen LogP contribution in [0, 0.1) is 0 Å². The molecule has 5 nitrogen and oxygen atoms in total. The fourth-order valence-electron chi connectivity index (χ4n) is 2.77. The fraction of sp³-hybridized carbons (Fsp3) is 0.562. The van der Waals surface area contributed by atoms with E-state index in [1.165, 1.54) is 25.9 Å². The SMILES string of the molecule is CCOC(=O)c1cccc(N)c1N(C)CCN1CCCC1. The van der Waals surface area contributed by atoms with Crippen molar-refractivity contribution in [3.05, 3.63) is 23.8 Å². The second-order valence-electron chi connectivity index (χ2n) is 5.43. The summed E-state index contributed by atoms with van der Waals surface area (Å²) in [5, 5.41) is 0. The molecule has 0 atom stereocenters. The molecule has 116 valence electrons. The highest BCUT2D eigenvalue weighted by Gasteiger charge is 2.19. The number of rotatable bonds is 6. The molecule has 2 N–H and O–H groups in total. The number of likely N-dealkylation sites (N-methyl/N-ethyl adjacent to an activating group) is 1. The van der Waals surface area contributed by atoms with Crippen LogP contribution in [0.3, 0.4) is 0 Å². The second-order valence-corrected chi connectivity index (χ2v) is 5.43. The van der Waals surface area contributed by atoms with Gasteiger partial charge in [-0.25, -0.2) is 4.79 Å². The molecule has 0 aliphatic carbocycles. The summed E-state index contributed by atoms with van der Waals surface area (Å²) in [6.45, 7) is 6.35. The molecule has 1 saturated heterocycles. The lowest BCUT2D eigenvalue weighted by Crippen LogP contribution is -2.32. The maximum absolute atomic E-state index is 12.1. The van der Waals surface area contributed by atoms with Gasteiger partial charge < -0.3 is 20.3 Å². The number of benzene rings is 1. The number of carbonyl (C=O) groups excluding carboxylic acids is 1. The Morgan fingerprint density at radius 1 is 1.38 bits per heavy atom. The largest absolute Gasteiger partial charge is 0.462 e. The van der Waals surface area contributed by atoms with Crippen LogP contribution in [0.2, 0.25) is 0 Å². The summed E-state index contributed by atoms with van der Waals surface area (Å²) in [6, 6.07) is 5.39. The maximum Gasteiger partial charge on any atom is 0.340 e. The van der Waals surface area contributed by atoms with Crippen LogP contribution in [0.1, 0.15) is 30.1 Å². The van der Waals surface area contributed by atoms with E-state index < -0.39 is 0 Å². The van der Waals surface area contributed by atoms with Gasteiger partial charge in [0.25, 0.3) is 0 Å². The van der Waals surface area contributed by atoms with Gasteiger partial charge in [0, 0.05) is 20.1 Å². The molecule has 5 heteroatoms. The van der Waals surface area contributed by atoms with Crippen molar-refractivity contribution in [3.8, 4) is 0 Å². The van der Waals surface area contributed by atoms with E-state index in [0.29, 0.717) is 17.9 Å². The number of hydrogen-bond acceptors (Lipinski definition) is 5. The summed E-state index contributed by atoms with van der Waals surface area (Å²) in [4.78, 5) is 16.6.